The Morgan fingerprint density at radius 1 is 1.42 bits per heavy atom. The first-order chi connectivity index (χ1) is 5.86. The number of nitrogens with zero attached hydrogens (tertiary/aromatic N) is 2. The number of hydrogen-bond acceptors (Lipinski definition) is 4. The van der Waals surface area contributed by atoms with Gasteiger partial charge in [-0.15, -0.1) is 0 Å². The third-order valence-electron chi connectivity index (χ3n) is 1.25. The molecule has 0 aliphatic carbocycles. The van der Waals surface area contributed by atoms with Crippen LogP contribution in [0.5, 0.6) is 0 Å². The molecule has 0 saturated heterocycles. The van der Waals surface area contributed by atoms with E-state index in [0.29, 0.717) is 0 Å². The zero-order valence-corrected chi connectivity index (χ0v) is 6.95. The molecular weight excluding hydrogens is 172 g/mol. The average molecular weight is 178 g/mol. The molecule has 0 unspecified atom stereocenters. The third-order valence-corrected chi connectivity index (χ3v) is 1.85. The van der Waals surface area contributed by atoms with E-state index in [1.54, 1.807) is 24.3 Å². The molecule has 0 heterocycles. The van der Waals surface area contributed by atoms with E-state index in [1.165, 1.54) is 6.21 Å². The van der Waals surface area contributed by atoms with Gasteiger partial charge in [0.1, 0.15) is 5.40 Å². The Kier molecular flexibility index (Phi) is 3.17. The fourth-order valence-corrected chi connectivity index (χ4v) is 1.12. The van der Waals surface area contributed by atoms with E-state index >= 15 is 0 Å². The lowest BCUT2D eigenvalue weighted by Crippen LogP contribution is -1.79. The zero-order chi connectivity index (χ0) is 8.81. The third kappa shape index (κ3) is 2.29. The highest BCUT2D eigenvalue weighted by Crippen LogP contribution is 2.15. The Labute approximate surface area is 74.3 Å². The molecule has 0 spiro atoms. The predicted molar refractivity (Wildman–Crippen MR) is 47.3 cm³/mol. The first-order valence-electron chi connectivity index (χ1n) is 3.20. The lowest BCUT2D eigenvalue weighted by Gasteiger charge is -1.93. The number of oxime groups is 1. The Morgan fingerprint density at radius 2 is 2.08 bits per heavy atom. The molecule has 0 saturated carbocycles. The van der Waals surface area contributed by atoms with Crippen LogP contribution in [-0.4, -0.2) is 11.4 Å². The van der Waals surface area contributed by atoms with Crippen molar-refractivity contribution in [2.24, 2.45) is 5.16 Å². The molecular formula is C8H6N2OS. The summed E-state index contributed by atoms with van der Waals surface area (Å²) < 4.78 is 0. The van der Waals surface area contributed by atoms with E-state index in [0.717, 1.165) is 22.2 Å². The fourth-order valence-electron chi connectivity index (χ4n) is 0.741. The van der Waals surface area contributed by atoms with Crippen LogP contribution in [-0.2, 0) is 0 Å². The normalized spacial score (nSPS) is 9.92. The summed E-state index contributed by atoms with van der Waals surface area (Å²) in [7, 11) is 0. The smallest absolute Gasteiger partial charge is 0.138 e. The Hall–Kier alpha value is -1.47. The maximum atomic E-state index is 8.34. The van der Waals surface area contributed by atoms with Crippen molar-refractivity contribution in [3.63, 3.8) is 0 Å². The van der Waals surface area contributed by atoms with Crippen molar-refractivity contribution in [1.82, 2.24) is 0 Å². The Balaban J connectivity index is 2.79. The van der Waals surface area contributed by atoms with Crippen molar-refractivity contribution in [3.8, 4) is 5.40 Å². The summed E-state index contributed by atoms with van der Waals surface area (Å²) in [6.45, 7) is 0. The topological polar surface area (TPSA) is 56.4 Å². The van der Waals surface area contributed by atoms with Crippen molar-refractivity contribution in [1.29, 1.82) is 5.26 Å². The molecule has 12 heavy (non-hydrogen) atoms. The maximum Gasteiger partial charge on any atom is 0.138 e. The first kappa shape index (κ1) is 8.62. The molecule has 0 fully saturated rings. The summed E-state index contributed by atoms with van der Waals surface area (Å²) in [6, 6.07) is 7.15. The lowest BCUT2D eigenvalue weighted by molar-refractivity contribution is 0.322. The number of rotatable bonds is 2. The van der Waals surface area contributed by atoms with Gasteiger partial charge in [-0.2, -0.15) is 5.26 Å². The van der Waals surface area contributed by atoms with Gasteiger partial charge in [0, 0.05) is 4.90 Å². The van der Waals surface area contributed by atoms with Crippen molar-refractivity contribution in [2.75, 3.05) is 0 Å². The average Bonchev–Trinajstić information content (AvgIpc) is 2.09. The van der Waals surface area contributed by atoms with Gasteiger partial charge in [0.2, 0.25) is 0 Å². The van der Waals surface area contributed by atoms with Crippen LogP contribution >= 0.6 is 11.8 Å². The number of benzene rings is 1. The van der Waals surface area contributed by atoms with Gasteiger partial charge >= 0.3 is 0 Å². The number of thiocyanates is 1. The van der Waals surface area contributed by atoms with Crippen molar-refractivity contribution >= 4 is 18.0 Å². The number of nitriles is 1. The second kappa shape index (κ2) is 4.42. The standard InChI is InChI=1S/C8H6N2OS/c9-6-12-8-3-1-7(2-4-8)5-10-11/h1-5,11H. The van der Waals surface area contributed by atoms with Gasteiger partial charge in [-0.3, -0.25) is 0 Å². The van der Waals surface area contributed by atoms with Crippen LogP contribution in [0.15, 0.2) is 34.3 Å². The van der Waals surface area contributed by atoms with Gasteiger partial charge in [0.25, 0.3) is 0 Å². The van der Waals surface area contributed by atoms with Crippen molar-refractivity contribution in [2.45, 2.75) is 4.90 Å². The fraction of sp³-hybridized carbons (Fsp3) is 0. The summed E-state index contributed by atoms with van der Waals surface area (Å²) >= 11 is 1.10. The largest absolute Gasteiger partial charge is 0.411 e. The highest BCUT2D eigenvalue weighted by atomic mass is 32.2. The highest BCUT2D eigenvalue weighted by Gasteiger charge is 1.91. The lowest BCUT2D eigenvalue weighted by atomic mass is 10.2. The van der Waals surface area contributed by atoms with Crippen LogP contribution in [0.4, 0.5) is 0 Å². The Morgan fingerprint density at radius 3 is 2.58 bits per heavy atom. The molecule has 1 rings (SSSR count). The minimum Gasteiger partial charge on any atom is -0.411 e. The van der Waals surface area contributed by atoms with Crippen LogP contribution in [0.25, 0.3) is 0 Å². The molecule has 0 aromatic heterocycles. The second-order valence-electron chi connectivity index (χ2n) is 2.01. The summed E-state index contributed by atoms with van der Waals surface area (Å²) in [5, 5.41) is 21.4. The Bertz CT molecular complexity index is 313. The summed E-state index contributed by atoms with van der Waals surface area (Å²) in [4.78, 5) is 0.882. The second-order valence-corrected chi connectivity index (χ2v) is 2.87. The van der Waals surface area contributed by atoms with Crippen molar-refractivity contribution in [3.05, 3.63) is 29.8 Å². The number of thioether (sulfide) groups is 1. The molecule has 0 aliphatic heterocycles. The zero-order valence-electron chi connectivity index (χ0n) is 6.14. The molecule has 0 radical (unpaired) electrons. The molecule has 1 aromatic carbocycles. The van der Waals surface area contributed by atoms with Crippen LogP contribution in [0.1, 0.15) is 5.56 Å². The van der Waals surface area contributed by atoms with Gasteiger partial charge < -0.3 is 5.21 Å². The van der Waals surface area contributed by atoms with Crippen LogP contribution in [0.3, 0.4) is 0 Å². The molecule has 1 aromatic rings. The summed E-state index contributed by atoms with van der Waals surface area (Å²) in [6.07, 6.45) is 1.33. The molecule has 0 bridgehead atoms. The first-order valence-corrected chi connectivity index (χ1v) is 4.02. The van der Waals surface area contributed by atoms with Crippen LogP contribution < -0.4 is 0 Å². The van der Waals surface area contributed by atoms with E-state index in [-0.39, 0.29) is 0 Å². The molecule has 0 amide bonds. The van der Waals surface area contributed by atoms with Crippen LogP contribution in [0, 0.1) is 10.7 Å². The minimum atomic E-state index is 0.805. The van der Waals surface area contributed by atoms with Gasteiger partial charge in [0.05, 0.1) is 6.21 Å². The SMILES string of the molecule is N#CSc1ccc(C=NO)cc1. The van der Waals surface area contributed by atoms with Gasteiger partial charge in [0.15, 0.2) is 0 Å². The summed E-state index contributed by atoms with van der Waals surface area (Å²) in [5.41, 5.74) is 0.805. The molecule has 3 nitrogen and oxygen atoms in total. The van der Waals surface area contributed by atoms with Crippen LogP contribution in [0.2, 0.25) is 0 Å². The molecule has 4 heteroatoms. The monoisotopic (exact) mass is 178 g/mol. The molecule has 0 atom stereocenters. The highest BCUT2D eigenvalue weighted by molar-refractivity contribution is 8.03. The van der Waals surface area contributed by atoms with E-state index in [2.05, 4.69) is 5.16 Å². The van der Waals surface area contributed by atoms with Gasteiger partial charge in [-0.1, -0.05) is 17.3 Å². The van der Waals surface area contributed by atoms with Gasteiger partial charge in [-0.05, 0) is 29.5 Å². The van der Waals surface area contributed by atoms with E-state index < -0.39 is 0 Å². The quantitative estimate of drug-likeness (QED) is 0.248. The number of hydrogen-bond donors (Lipinski definition) is 1. The maximum absolute atomic E-state index is 8.34. The van der Waals surface area contributed by atoms with Gasteiger partial charge in [-0.25, -0.2) is 0 Å². The van der Waals surface area contributed by atoms with Crippen molar-refractivity contribution < 1.29 is 5.21 Å². The van der Waals surface area contributed by atoms with E-state index in [4.69, 9.17) is 10.5 Å². The predicted octanol–water partition coefficient (Wildman–Crippen LogP) is 2.07. The molecule has 1 N–H and O–H groups in total. The van der Waals surface area contributed by atoms with E-state index in [1.807, 2.05) is 5.40 Å². The van der Waals surface area contributed by atoms with E-state index in [9.17, 15) is 0 Å². The minimum absolute atomic E-state index is 0.805. The summed E-state index contributed by atoms with van der Waals surface area (Å²) in [5.74, 6) is 0. The molecule has 0 aliphatic rings. The molecule has 60 valence electrons.